The van der Waals surface area contributed by atoms with E-state index in [1.54, 1.807) is 44.2 Å². The van der Waals surface area contributed by atoms with Crippen LogP contribution in [-0.4, -0.2) is 43.5 Å². The lowest BCUT2D eigenvalue weighted by Crippen LogP contribution is -2.46. The maximum Gasteiger partial charge on any atom is 0.329 e. The molecule has 0 aromatic heterocycles. The summed E-state index contributed by atoms with van der Waals surface area (Å²) in [4.78, 5) is 46.6. The summed E-state index contributed by atoms with van der Waals surface area (Å²) in [6, 6.07) is 6.82. The predicted molar refractivity (Wildman–Crippen MR) is 86.1 cm³/mol. The molecule has 24 heavy (non-hydrogen) atoms. The summed E-state index contributed by atoms with van der Waals surface area (Å²) in [5.41, 5.74) is 0.410. The molecule has 0 radical (unpaired) electrons. The first-order valence-electron chi connectivity index (χ1n) is 7.39. The lowest BCUT2D eigenvalue weighted by Gasteiger charge is -2.20. The van der Waals surface area contributed by atoms with E-state index in [9.17, 15) is 19.2 Å². The van der Waals surface area contributed by atoms with Crippen LogP contribution < -0.4 is 16.0 Å². The van der Waals surface area contributed by atoms with Crippen molar-refractivity contribution < 1.29 is 23.9 Å². The van der Waals surface area contributed by atoms with Gasteiger partial charge in [0, 0.05) is 12.6 Å². The molecule has 0 aliphatic heterocycles. The van der Waals surface area contributed by atoms with E-state index in [0.29, 0.717) is 5.56 Å². The first kappa shape index (κ1) is 19.1. The molecule has 0 unspecified atom stereocenters. The average Bonchev–Trinajstić information content (AvgIpc) is 2.57. The number of urea groups is 1. The van der Waals surface area contributed by atoms with E-state index < -0.39 is 36.5 Å². The molecule has 0 aliphatic rings. The molecule has 130 valence electrons. The Labute approximate surface area is 139 Å². The monoisotopic (exact) mass is 335 g/mol. The van der Waals surface area contributed by atoms with Crippen LogP contribution in [0.5, 0.6) is 0 Å². The van der Waals surface area contributed by atoms with Crippen molar-refractivity contribution in [2.24, 2.45) is 5.92 Å². The molecular weight excluding hydrogens is 314 g/mol. The van der Waals surface area contributed by atoms with E-state index in [4.69, 9.17) is 4.74 Å². The summed E-state index contributed by atoms with van der Waals surface area (Å²) >= 11 is 0. The molecule has 0 spiro atoms. The molecule has 1 aromatic rings. The van der Waals surface area contributed by atoms with Crippen LogP contribution in [0.4, 0.5) is 4.79 Å². The second kappa shape index (κ2) is 9.29. The Morgan fingerprint density at radius 3 is 2.25 bits per heavy atom. The van der Waals surface area contributed by atoms with E-state index in [-0.39, 0.29) is 5.92 Å². The number of carbonyl (C=O) groups excluding carboxylic acids is 4. The molecule has 3 N–H and O–H groups in total. The lowest BCUT2D eigenvalue weighted by atomic mass is 10.0. The van der Waals surface area contributed by atoms with Crippen LogP contribution in [0, 0.1) is 5.92 Å². The van der Waals surface area contributed by atoms with Crippen molar-refractivity contribution in [3.05, 3.63) is 35.9 Å². The Bertz CT molecular complexity index is 601. The van der Waals surface area contributed by atoms with Gasteiger partial charge in [-0.15, -0.1) is 0 Å². The minimum absolute atomic E-state index is 0.243. The van der Waals surface area contributed by atoms with E-state index in [2.05, 4.69) is 10.6 Å². The molecule has 0 bridgehead atoms. The van der Waals surface area contributed by atoms with Crippen LogP contribution in [0.2, 0.25) is 0 Å². The van der Waals surface area contributed by atoms with Crippen molar-refractivity contribution in [3.8, 4) is 0 Å². The molecule has 0 saturated heterocycles. The molecule has 0 heterocycles. The van der Waals surface area contributed by atoms with Crippen LogP contribution in [0.15, 0.2) is 30.3 Å². The van der Waals surface area contributed by atoms with Gasteiger partial charge in [-0.1, -0.05) is 32.0 Å². The fourth-order valence-electron chi connectivity index (χ4n) is 1.76. The van der Waals surface area contributed by atoms with Gasteiger partial charge in [0.2, 0.25) is 0 Å². The zero-order chi connectivity index (χ0) is 18.1. The number of hydrogen-bond acceptors (Lipinski definition) is 5. The Balaban J connectivity index is 2.61. The first-order valence-corrected chi connectivity index (χ1v) is 7.39. The maximum absolute atomic E-state index is 12.1. The highest BCUT2D eigenvalue weighted by Crippen LogP contribution is 2.07. The molecule has 1 atom stereocenters. The van der Waals surface area contributed by atoms with Gasteiger partial charge in [-0.3, -0.25) is 14.9 Å². The van der Waals surface area contributed by atoms with E-state index in [1.807, 2.05) is 5.32 Å². The van der Waals surface area contributed by atoms with Crippen molar-refractivity contribution in [2.45, 2.75) is 19.9 Å². The molecule has 1 rings (SSSR count). The smallest absolute Gasteiger partial charge is 0.329 e. The molecule has 0 saturated carbocycles. The Kier molecular flexibility index (Phi) is 7.41. The van der Waals surface area contributed by atoms with Gasteiger partial charge in [-0.2, -0.15) is 0 Å². The second-order valence-corrected chi connectivity index (χ2v) is 5.30. The largest absolute Gasteiger partial charge is 0.454 e. The third kappa shape index (κ3) is 6.07. The van der Waals surface area contributed by atoms with Crippen molar-refractivity contribution in [1.82, 2.24) is 16.0 Å². The number of esters is 1. The number of nitrogens with one attached hydrogen (secondary N) is 3. The number of amides is 4. The first-order chi connectivity index (χ1) is 11.3. The molecule has 1 aromatic carbocycles. The van der Waals surface area contributed by atoms with E-state index >= 15 is 0 Å². The summed E-state index contributed by atoms with van der Waals surface area (Å²) in [5, 5.41) is 6.75. The topological polar surface area (TPSA) is 114 Å². The minimum Gasteiger partial charge on any atom is -0.454 e. The number of rotatable bonds is 6. The van der Waals surface area contributed by atoms with Gasteiger partial charge in [0.15, 0.2) is 6.61 Å². The molecule has 0 aliphatic carbocycles. The second-order valence-electron chi connectivity index (χ2n) is 5.30. The zero-order valence-electron chi connectivity index (χ0n) is 13.8. The normalized spacial score (nSPS) is 11.3. The maximum atomic E-state index is 12.1. The van der Waals surface area contributed by atoms with E-state index in [0.717, 1.165) is 0 Å². The molecule has 8 heteroatoms. The number of benzene rings is 1. The summed E-state index contributed by atoms with van der Waals surface area (Å²) in [6.07, 6.45) is 0. The third-order valence-corrected chi connectivity index (χ3v) is 3.07. The fraction of sp³-hybridized carbons (Fsp3) is 0.375. The fourth-order valence-corrected chi connectivity index (χ4v) is 1.76. The standard InChI is InChI=1S/C16H21N3O5/c1-10(2)13(19-14(21)11-7-5-4-6-8-11)15(22)24-9-12(20)18-16(23)17-3/h4-8,10,13H,9H2,1-3H3,(H,19,21)(H2,17,18,20,23)/t13-/m0/s1. The van der Waals surface area contributed by atoms with Gasteiger partial charge < -0.3 is 15.4 Å². The van der Waals surface area contributed by atoms with Crippen molar-refractivity contribution in [1.29, 1.82) is 0 Å². The number of carbonyl (C=O) groups is 4. The Hall–Kier alpha value is -2.90. The highest BCUT2D eigenvalue weighted by Gasteiger charge is 2.26. The van der Waals surface area contributed by atoms with Crippen LogP contribution in [0.3, 0.4) is 0 Å². The predicted octanol–water partition coefficient (Wildman–Crippen LogP) is 0.440. The molecule has 0 fully saturated rings. The highest BCUT2D eigenvalue weighted by atomic mass is 16.5. The SMILES string of the molecule is CNC(=O)NC(=O)COC(=O)[C@@H](NC(=O)c1ccccc1)C(C)C. The summed E-state index contributed by atoms with van der Waals surface area (Å²) in [5.74, 6) is -2.17. The molecular formula is C16H21N3O5. The van der Waals surface area contributed by atoms with Gasteiger partial charge in [0.25, 0.3) is 11.8 Å². The van der Waals surface area contributed by atoms with Crippen LogP contribution in [0.25, 0.3) is 0 Å². The van der Waals surface area contributed by atoms with Crippen molar-refractivity contribution in [3.63, 3.8) is 0 Å². The lowest BCUT2D eigenvalue weighted by molar-refractivity contribution is -0.151. The van der Waals surface area contributed by atoms with Gasteiger partial charge in [-0.05, 0) is 18.1 Å². The summed E-state index contributed by atoms with van der Waals surface area (Å²) in [6.45, 7) is 2.86. The molecule has 4 amide bonds. The number of hydrogen-bond donors (Lipinski definition) is 3. The Morgan fingerprint density at radius 2 is 1.71 bits per heavy atom. The van der Waals surface area contributed by atoms with Gasteiger partial charge in [0.1, 0.15) is 6.04 Å². The zero-order valence-corrected chi connectivity index (χ0v) is 13.8. The minimum atomic E-state index is -0.912. The average molecular weight is 335 g/mol. The van der Waals surface area contributed by atoms with Crippen molar-refractivity contribution >= 4 is 23.8 Å². The van der Waals surface area contributed by atoms with E-state index in [1.165, 1.54) is 7.05 Å². The highest BCUT2D eigenvalue weighted by molar-refractivity contribution is 5.98. The summed E-state index contributed by atoms with van der Waals surface area (Å²) in [7, 11) is 1.35. The quantitative estimate of drug-likeness (QED) is 0.653. The van der Waals surface area contributed by atoms with Crippen molar-refractivity contribution in [2.75, 3.05) is 13.7 Å². The third-order valence-electron chi connectivity index (χ3n) is 3.07. The van der Waals surface area contributed by atoms with Gasteiger partial charge in [-0.25, -0.2) is 9.59 Å². The summed E-state index contributed by atoms with van der Waals surface area (Å²) < 4.78 is 4.86. The van der Waals surface area contributed by atoms with Gasteiger partial charge in [0.05, 0.1) is 0 Å². The number of ether oxygens (including phenoxy) is 1. The van der Waals surface area contributed by atoms with Crippen LogP contribution >= 0.6 is 0 Å². The molecule has 8 nitrogen and oxygen atoms in total. The van der Waals surface area contributed by atoms with Crippen LogP contribution in [0.1, 0.15) is 24.2 Å². The van der Waals surface area contributed by atoms with Crippen LogP contribution in [-0.2, 0) is 14.3 Å². The Morgan fingerprint density at radius 1 is 1.08 bits per heavy atom. The number of imide groups is 1. The van der Waals surface area contributed by atoms with Gasteiger partial charge >= 0.3 is 12.0 Å².